The number of carbonyl (C=O) groups is 2. The molecule has 1 rings (SSSR count). The van der Waals surface area contributed by atoms with Crippen molar-refractivity contribution in [2.75, 3.05) is 0 Å². The van der Waals surface area contributed by atoms with Gasteiger partial charge in [-0.25, -0.2) is 4.39 Å². The van der Waals surface area contributed by atoms with Crippen molar-refractivity contribution in [3.05, 3.63) is 35.6 Å². The predicted octanol–water partition coefficient (Wildman–Crippen LogP) is 1.21. The van der Waals surface area contributed by atoms with Crippen molar-refractivity contribution in [1.29, 1.82) is 0 Å². The molecule has 0 heterocycles. The molecule has 1 aromatic carbocycles. The average Bonchev–Trinajstić information content (AvgIpc) is 2.15. The van der Waals surface area contributed by atoms with Gasteiger partial charge in [-0.05, 0) is 38.1 Å². The second-order valence-corrected chi connectivity index (χ2v) is 4.49. The van der Waals surface area contributed by atoms with Gasteiger partial charge in [-0.1, -0.05) is 0 Å². The second-order valence-electron chi connectivity index (χ2n) is 4.49. The molecular weight excluding hydrogens is 223 g/mol. The van der Waals surface area contributed by atoms with Crippen LogP contribution in [0.25, 0.3) is 0 Å². The Balaban J connectivity index is 2.72. The van der Waals surface area contributed by atoms with Gasteiger partial charge >= 0.3 is 0 Å². The molecule has 0 fully saturated rings. The number of hydrogen-bond acceptors (Lipinski definition) is 2. The van der Waals surface area contributed by atoms with Crippen LogP contribution in [0.3, 0.4) is 0 Å². The van der Waals surface area contributed by atoms with Gasteiger partial charge in [0.1, 0.15) is 5.82 Å². The third-order valence-electron chi connectivity index (χ3n) is 2.17. The molecular formula is C12H15FN2O2. The minimum absolute atomic E-state index is 0.0416. The number of nitrogens with one attached hydrogen (secondary N) is 1. The van der Waals surface area contributed by atoms with Gasteiger partial charge in [0, 0.05) is 17.5 Å². The number of nitrogens with two attached hydrogens (primary N) is 1. The van der Waals surface area contributed by atoms with Gasteiger partial charge in [-0.2, -0.15) is 0 Å². The summed E-state index contributed by atoms with van der Waals surface area (Å²) in [5.74, 6) is -1.26. The van der Waals surface area contributed by atoms with Crippen LogP contribution in [0.15, 0.2) is 24.3 Å². The van der Waals surface area contributed by atoms with Crippen molar-refractivity contribution >= 4 is 11.8 Å². The van der Waals surface area contributed by atoms with E-state index in [1.807, 2.05) is 0 Å². The Morgan fingerprint density at radius 1 is 1.29 bits per heavy atom. The first-order valence-corrected chi connectivity index (χ1v) is 5.16. The normalized spacial score (nSPS) is 11.0. The molecule has 0 aromatic heterocycles. The summed E-state index contributed by atoms with van der Waals surface area (Å²) in [6.07, 6.45) is 0.0416. The molecule has 0 saturated carbocycles. The van der Waals surface area contributed by atoms with Crippen molar-refractivity contribution in [3.63, 3.8) is 0 Å². The molecule has 0 aliphatic rings. The third kappa shape index (κ3) is 4.22. The molecule has 2 amide bonds. The quantitative estimate of drug-likeness (QED) is 0.827. The lowest BCUT2D eigenvalue weighted by Gasteiger charge is -2.24. The van der Waals surface area contributed by atoms with E-state index in [-0.39, 0.29) is 12.3 Å². The van der Waals surface area contributed by atoms with E-state index in [2.05, 4.69) is 5.32 Å². The van der Waals surface area contributed by atoms with Crippen molar-refractivity contribution in [1.82, 2.24) is 5.32 Å². The van der Waals surface area contributed by atoms with Crippen LogP contribution in [0.4, 0.5) is 4.39 Å². The number of hydrogen-bond donors (Lipinski definition) is 2. The van der Waals surface area contributed by atoms with Gasteiger partial charge in [-0.3, -0.25) is 9.59 Å². The summed E-state index contributed by atoms with van der Waals surface area (Å²) < 4.78 is 12.7. The molecule has 0 spiro atoms. The Morgan fingerprint density at radius 2 is 1.82 bits per heavy atom. The molecule has 0 bridgehead atoms. The van der Waals surface area contributed by atoms with E-state index in [1.54, 1.807) is 13.8 Å². The van der Waals surface area contributed by atoms with E-state index in [0.717, 1.165) is 0 Å². The SMILES string of the molecule is CC(C)(CC(N)=O)NC(=O)c1ccc(F)cc1. The largest absolute Gasteiger partial charge is 0.370 e. The highest BCUT2D eigenvalue weighted by Crippen LogP contribution is 2.10. The van der Waals surface area contributed by atoms with Crippen LogP contribution >= 0.6 is 0 Å². The van der Waals surface area contributed by atoms with E-state index >= 15 is 0 Å². The maximum Gasteiger partial charge on any atom is 0.251 e. The number of primary amides is 1. The van der Waals surface area contributed by atoms with Gasteiger partial charge in [0.2, 0.25) is 5.91 Å². The summed E-state index contributed by atoms with van der Waals surface area (Å²) in [5, 5.41) is 2.66. The van der Waals surface area contributed by atoms with Crippen molar-refractivity contribution in [3.8, 4) is 0 Å². The number of rotatable bonds is 4. The fourth-order valence-corrected chi connectivity index (χ4v) is 1.46. The standard InChI is InChI=1S/C12H15FN2O2/c1-12(2,7-10(14)16)15-11(17)8-3-5-9(13)6-4-8/h3-6H,7H2,1-2H3,(H2,14,16)(H,15,17). The first kappa shape index (κ1) is 13.2. The van der Waals surface area contributed by atoms with E-state index in [9.17, 15) is 14.0 Å². The molecule has 0 aliphatic carbocycles. The van der Waals surface area contributed by atoms with Crippen LogP contribution in [-0.4, -0.2) is 17.4 Å². The number of amides is 2. The highest BCUT2D eigenvalue weighted by Gasteiger charge is 2.23. The molecule has 17 heavy (non-hydrogen) atoms. The van der Waals surface area contributed by atoms with Crippen molar-refractivity contribution in [2.24, 2.45) is 5.73 Å². The number of carbonyl (C=O) groups excluding carboxylic acids is 2. The first-order valence-electron chi connectivity index (χ1n) is 5.16. The Morgan fingerprint density at radius 3 is 2.29 bits per heavy atom. The summed E-state index contributed by atoms with van der Waals surface area (Å²) in [5.41, 5.74) is 4.69. The maximum absolute atomic E-state index is 12.7. The number of halogens is 1. The van der Waals surface area contributed by atoms with Gasteiger partial charge in [-0.15, -0.1) is 0 Å². The van der Waals surface area contributed by atoms with Gasteiger partial charge in [0.15, 0.2) is 0 Å². The van der Waals surface area contributed by atoms with Crippen LogP contribution in [0, 0.1) is 5.82 Å². The number of benzene rings is 1. The fourth-order valence-electron chi connectivity index (χ4n) is 1.46. The second kappa shape index (κ2) is 4.95. The summed E-state index contributed by atoms with van der Waals surface area (Å²) in [6.45, 7) is 3.39. The molecule has 0 aliphatic heterocycles. The zero-order chi connectivity index (χ0) is 13.1. The Hall–Kier alpha value is -1.91. The zero-order valence-corrected chi connectivity index (χ0v) is 9.79. The van der Waals surface area contributed by atoms with Crippen LogP contribution in [-0.2, 0) is 4.79 Å². The highest BCUT2D eigenvalue weighted by atomic mass is 19.1. The molecule has 3 N–H and O–H groups in total. The predicted molar refractivity (Wildman–Crippen MR) is 61.8 cm³/mol. The maximum atomic E-state index is 12.7. The lowest BCUT2D eigenvalue weighted by atomic mass is 9.99. The first-order chi connectivity index (χ1) is 7.80. The van der Waals surface area contributed by atoms with E-state index in [4.69, 9.17) is 5.73 Å². The van der Waals surface area contributed by atoms with Crippen molar-refractivity contribution < 1.29 is 14.0 Å². The average molecular weight is 238 g/mol. The molecule has 1 aromatic rings. The minimum atomic E-state index is -0.725. The lowest BCUT2D eigenvalue weighted by molar-refractivity contribution is -0.119. The Bertz CT molecular complexity index is 427. The summed E-state index contributed by atoms with van der Waals surface area (Å²) in [6, 6.07) is 5.17. The highest BCUT2D eigenvalue weighted by molar-refractivity contribution is 5.95. The van der Waals surface area contributed by atoms with Gasteiger partial charge in [0.25, 0.3) is 5.91 Å². The fraction of sp³-hybridized carbons (Fsp3) is 0.333. The molecule has 0 unspecified atom stereocenters. The zero-order valence-electron chi connectivity index (χ0n) is 9.79. The summed E-state index contributed by atoms with van der Waals surface area (Å²) >= 11 is 0. The monoisotopic (exact) mass is 238 g/mol. The van der Waals surface area contributed by atoms with E-state index in [0.29, 0.717) is 5.56 Å². The Labute approximate surface area is 99.0 Å². The summed E-state index contributed by atoms with van der Waals surface area (Å²) in [7, 11) is 0. The van der Waals surface area contributed by atoms with Crippen LogP contribution in [0.1, 0.15) is 30.6 Å². The summed E-state index contributed by atoms with van der Waals surface area (Å²) in [4.78, 5) is 22.6. The lowest BCUT2D eigenvalue weighted by Crippen LogP contribution is -2.46. The van der Waals surface area contributed by atoms with Crippen LogP contribution in [0.5, 0.6) is 0 Å². The van der Waals surface area contributed by atoms with Crippen molar-refractivity contribution in [2.45, 2.75) is 25.8 Å². The minimum Gasteiger partial charge on any atom is -0.370 e. The molecule has 0 saturated heterocycles. The molecule has 0 radical (unpaired) electrons. The molecule has 4 nitrogen and oxygen atoms in total. The van der Waals surface area contributed by atoms with Gasteiger partial charge < -0.3 is 11.1 Å². The topological polar surface area (TPSA) is 72.2 Å². The third-order valence-corrected chi connectivity index (χ3v) is 2.17. The molecule has 92 valence electrons. The molecule has 0 atom stereocenters. The van der Waals surface area contributed by atoms with Gasteiger partial charge in [0.05, 0.1) is 0 Å². The van der Waals surface area contributed by atoms with Crippen LogP contribution in [0.2, 0.25) is 0 Å². The van der Waals surface area contributed by atoms with Crippen LogP contribution < -0.4 is 11.1 Å². The smallest absolute Gasteiger partial charge is 0.251 e. The van der Waals surface area contributed by atoms with E-state index < -0.39 is 17.3 Å². The van der Waals surface area contributed by atoms with E-state index in [1.165, 1.54) is 24.3 Å². The Kier molecular flexibility index (Phi) is 3.83. The molecule has 5 heteroatoms.